The van der Waals surface area contributed by atoms with E-state index in [9.17, 15) is 0 Å². The fourth-order valence-corrected chi connectivity index (χ4v) is 3.71. The number of hydrogen-bond donors (Lipinski definition) is 2. The summed E-state index contributed by atoms with van der Waals surface area (Å²) in [7, 11) is 3.51. The summed E-state index contributed by atoms with van der Waals surface area (Å²) in [5, 5.41) is 7.90. The first-order valence-electron chi connectivity index (χ1n) is 9.12. The van der Waals surface area contributed by atoms with Crippen LogP contribution in [0.2, 0.25) is 0 Å². The lowest BCUT2D eigenvalue weighted by atomic mass is 10.1. The van der Waals surface area contributed by atoms with Crippen LogP contribution in [0.1, 0.15) is 34.0 Å². The van der Waals surface area contributed by atoms with Gasteiger partial charge in [-0.15, -0.1) is 11.3 Å². The minimum atomic E-state index is 0.869. The molecule has 1 aromatic carbocycles. The Hall–Kier alpha value is -2.08. The van der Waals surface area contributed by atoms with Crippen molar-refractivity contribution in [1.29, 1.82) is 0 Å². The zero-order valence-corrected chi connectivity index (χ0v) is 17.1. The highest BCUT2D eigenvalue weighted by Gasteiger charge is 2.05. The minimum Gasteiger partial charge on any atom is -0.497 e. The van der Waals surface area contributed by atoms with Crippen LogP contribution in [-0.2, 0) is 12.8 Å². The van der Waals surface area contributed by atoms with E-state index in [0.717, 1.165) is 61.2 Å². The molecule has 0 radical (unpaired) electrons. The van der Waals surface area contributed by atoms with Gasteiger partial charge < -0.3 is 15.4 Å². The third-order valence-corrected chi connectivity index (χ3v) is 5.34. The van der Waals surface area contributed by atoms with Gasteiger partial charge >= 0.3 is 0 Å². The molecule has 2 aromatic rings. The van der Waals surface area contributed by atoms with E-state index in [1.54, 1.807) is 18.4 Å². The van der Waals surface area contributed by atoms with Crippen molar-refractivity contribution >= 4 is 17.3 Å². The normalized spacial score (nSPS) is 11.5. The molecule has 0 bridgehead atoms. The Morgan fingerprint density at radius 3 is 2.42 bits per heavy atom. The summed E-state index contributed by atoms with van der Waals surface area (Å²) in [5.41, 5.74) is 2.50. The predicted octanol–water partition coefficient (Wildman–Crippen LogP) is 3.50. The number of benzene rings is 1. The lowest BCUT2D eigenvalue weighted by molar-refractivity contribution is 0.414. The van der Waals surface area contributed by atoms with E-state index >= 15 is 0 Å². The van der Waals surface area contributed by atoms with Gasteiger partial charge in [0.1, 0.15) is 5.75 Å². The third kappa shape index (κ3) is 6.67. The summed E-state index contributed by atoms with van der Waals surface area (Å²) >= 11 is 1.78. The summed E-state index contributed by atoms with van der Waals surface area (Å²) in [4.78, 5) is 10.1. The fourth-order valence-electron chi connectivity index (χ4n) is 2.77. The predicted molar refractivity (Wildman–Crippen MR) is 111 cm³/mol. The molecular weight excluding hydrogens is 344 g/mol. The highest BCUT2D eigenvalue weighted by molar-refractivity contribution is 7.11. The molecule has 2 rings (SSSR count). The smallest absolute Gasteiger partial charge is 0.190 e. The van der Waals surface area contributed by atoms with Crippen molar-refractivity contribution in [2.24, 2.45) is 4.99 Å². The van der Waals surface area contributed by atoms with Crippen molar-refractivity contribution in [3.05, 3.63) is 45.4 Å². The van der Waals surface area contributed by atoms with Crippen LogP contribution in [0.3, 0.4) is 0 Å². The van der Waals surface area contributed by atoms with Crippen molar-refractivity contribution in [3.63, 3.8) is 0 Å². The van der Waals surface area contributed by atoms with E-state index in [0.29, 0.717) is 0 Å². The quantitative estimate of drug-likeness (QED) is 0.401. The van der Waals surface area contributed by atoms with E-state index in [1.165, 1.54) is 10.4 Å². The zero-order valence-electron chi connectivity index (χ0n) is 16.3. The van der Waals surface area contributed by atoms with E-state index in [4.69, 9.17) is 4.74 Å². The number of rotatable bonds is 9. The van der Waals surface area contributed by atoms with Crippen LogP contribution in [0.15, 0.2) is 29.3 Å². The first-order chi connectivity index (χ1) is 12.6. The standard InChI is InChI=1S/C20H30N4OS/c1-15-19(26-16(2)24-15)12-14-23-20(21-3)22-13-6-5-7-17-8-10-18(25-4)11-9-17/h8-11H,5-7,12-14H2,1-4H3,(H2,21,22,23). The van der Waals surface area contributed by atoms with Gasteiger partial charge in [-0.05, 0) is 50.8 Å². The van der Waals surface area contributed by atoms with E-state index in [1.807, 2.05) is 19.2 Å². The summed E-state index contributed by atoms with van der Waals surface area (Å²) < 4.78 is 5.19. The zero-order chi connectivity index (χ0) is 18.8. The largest absolute Gasteiger partial charge is 0.497 e. The summed E-state index contributed by atoms with van der Waals surface area (Å²) in [6.45, 7) is 5.93. The Balaban J connectivity index is 1.60. The number of aliphatic imine (C=N–C) groups is 1. The van der Waals surface area contributed by atoms with Crippen molar-refractivity contribution in [1.82, 2.24) is 15.6 Å². The van der Waals surface area contributed by atoms with Crippen molar-refractivity contribution in [3.8, 4) is 5.75 Å². The highest BCUT2D eigenvalue weighted by atomic mass is 32.1. The first kappa shape index (κ1) is 20.2. The fraction of sp³-hybridized carbons (Fsp3) is 0.500. The Bertz CT molecular complexity index is 694. The maximum atomic E-state index is 5.19. The van der Waals surface area contributed by atoms with Crippen molar-refractivity contribution < 1.29 is 4.74 Å². The van der Waals surface area contributed by atoms with Crippen LogP contribution in [0.5, 0.6) is 5.75 Å². The molecule has 0 aliphatic carbocycles. The molecule has 6 heteroatoms. The maximum Gasteiger partial charge on any atom is 0.190 e. The number of aromatic nitrogens is 1. The number of thiazole rings is 1. The molecule has 0 aliphatic heterocycles. The van der Waals surface area contributed by atoms with Gasteiger partial charge in [0.15, 0.2) is 5.96 Å². The lowest BCUT2D eigenvalue weighted by Gasteiger charge is -2.11. The van der Waals surface area contributed by atoms with Crippen LogP contribution < -0.4 is 15.4 Å². The van der Waals surface area contributed by atoms with Gasteiger partial charge in [-0.2, -0.15) is 0 Å². The topological polar surface area (TPSA) is 58.5 Å². The van der Waals surface area contributed by atoms with E-state index in [-0.39, 0.29) is 0 Å². The number of methoxy groups -OCH3 is 1. The molecule has 0 atom stereocenters. The molecule has 0 spiro atoms. The van der Waals surface area contributed by atoms with Crippen molar-refractivity contribution in [2.75, 3.05) is 27.2 Å². The molecule has 5 nitrogen and oxygen atoms in total. The Morgan fingerprint density at radius 1 is 1.08 bits per heavy atom. The molecule has 26 heavy (non-hydrogen) atoms. The van der Waals surface area contributed by atoms with Gasteiger partial charge in [0.05, 0.1) is 17.8 Å². The van der Waals surface area contributed by atoms with Gasteiger partial charge in [0, 0.05) is 31.4 Å². The maximum absolute atomic E-state index is 5.19. The van der Waals surface area contributed by atoms with Gasteiger partial charge in [-0.3, -0.25) is 4.99 Å². The lowest BCUT2D eigenvalue weighted by Crippen LogP contribution is -2.38. The molecule has 0 saturated carbocycles. The Morgan fingerprint density at radius 2 is 1.81 bits per heavy atom. The number of nitrogens with one attached hydrogen (secondary N) is 2. The van der Waals surface area contributed by atoms with Gasteiger partial charge in [-0.1, -0.05) is 12.1 Å². The average Bonchev–Trinajstić information content (AvgIpc) is 2.97. The average molecular weight is 375 g/mol. The third-order valence-electron chi connectivity index (χ3n) is 4.21. The van der Waals surface area contributed by atoms with Crippen LogP contribution >= 0.6 is 11.3 Å². The molecular formula is C20H30N4OS. The summed E-state index contributed by atoms with van der Waals surface area (Å²) in [5.74, 6) is 1.78. The number of ether oxygens (including phenoxy) is 1. The van der Waals surface area contributed by atoms with Crippen LogP contribution in [0.4, 0.5) is 0 Å². The van der Waals surface area contributed by atoms with Crippen LogP contribution in [0.25, 0.3) is 0 Å². The first-order valence-corrected chi connectivity index (χ1v) is 9.94. The van der Waals surface area contributed by atoms with Crippen LogP contribution in [0, 0.1) is 13.8 Å². The highest BCUT2D eigenvalue weighted by Crippen LogP contribution is 2.17. The summed E-state index contributed by atoms with van der Waals surface area (Å²) in [6, 6.07) is 8.31. The summed E-state index contributed by atoms with van der Waals surface area (Å²) in [6.07, 6.45) is 4.33. The minimum absolute atomic E-state index is 0.869. The molecule has 0 fully saturated rings. The SMILES string of the molecule is CN=C(NCCCCc1ccc(OC)cc1)NCCc1sc(C)nc1C. The second-order valence-corrected chi connectivity index (χ2v) is 7.51. The monoisotopic (exact) mass is 374 g/mol. The van der Waals surface area contributed by atoms with E-state index in [2.05, 4.69) is 46.6 Å². The molecule has 1 heterocycles. The molecule has 0 amide bonds. The molecule has 0 saturated heterocycles. The molecule has 0 aliphatic rings. The number of guanidine groups is 1. The van der Waals surface area contributed by atoms with E-state index < -0.39 is 0 Å². The molecule has 142 valence electrons. The number of aryl methyl sites for hydroxylation is 3. The molecule has 0 unspecified atom stereocenters. The van der Waals surface area contributed by atoms with Gasteiger partial charge in [0.25, 0.3) is 0 Å². The second kappa shape index (κ2) is 10.8. The van der Waals surface area contributed by atoms with Crippen LogP contribution in [-0.4, -0.2) is 38.2 Å². The molecule has 2 N–H and O–H groups in total. The van der Waals surface area contributed by atoms with Crippen molar-refractivity contribution in [2.45, 2.75) is 39.5 Å². The number of nitrogens with zero attached hydrogens (tertiary/aromatic N) is 2. The van der Waals surface area contributed by atoms with Gasteiger partial charge in [0.2, 0.25) is 0 Å². The Labute approximate surface area is 160 Å². The number of unbranched alkanes of at least 4 members (excludes halogenated alkanes) is 1. The Kier molecular flexibility index (Phi) is 8.41. The second-order valence-electron chi connectivity index (χ2n) is 6.22. The molecule has 1 aromatic heterocycles. The number of hydrogen-bond acceptors (Lipinski definition) is 4. The van der Waals surface area contributed by atoms with Gasteiger partial charge in [-0.25, -0.2) is 4.98 Å².